The number of rotatable bonds is 3. The van der Waals surface area contributed by atoms with E-state index in [0.29, 0.717) is 0 Å². The van der Waals surface area contributed by atoms with Crippen molar-refractivity contribution in [2.75, 3.05) is 14.2 Å². The lowest BCUT2D eigenvalue weighted by Crippen LogP contribution is -1.90. The van der Waals surface area contributed by atoms with Gasteiger partial charge in [-0.15, -0.1) is 5.37 Å². The Hall–Kier alpha value is -1.31. The summed E-state index contributed by atoms with van der Waals surface area (Å²) in [6, 6.07) is 5.88. The fraction of sp³-hybridized carbons (Fsp3) is 0.200. The Kier molecular flexibility index (Phi) is 3.69. The van der Waals surface area contributed by atoms with E-state index in [-0.39, 0.29) is 0 Å². The van der Waals surface area contributed by atoms with Gasteiger partial charge in [-0.25, -0.2) is 0 Å². The van der Waals surface area contributed by atoms with Gasteiger partial charge in [0.15, 0.2) is 11.5 Å². The molecule has 0 bridgehead atoms. The van der Waals surface area contributed by atoms with Crippen LogP contribution in [0.2, 0.25) is 0 Å². The Bertz CT molecular complexity index is 344. The summed E-state index contributed by atoms with van der Waals surface area (Å²) in [5, 5.41) is 1.26. The molecule has 2 nitrogen and oxygen atoms in total. The van der Waals surface area contributed by atoms with Gasteiger partial charge in [0.05, 0.1) is 14.2 Å². The minimum absolute atomic E-state index is 0.762. The van der Waals surface area contributed by atoms with Gasteiger partial charge in [0.25, 0.3) is 0 Å². The zero-order chi connectivity index (χ0) is 10.6. The molecule has 0 radical (unpaired) electrons. The van der Waals surface area contributed by atoms with Crippen LogP contribution in [-0.4, -0.2) is 29.9 Å². The molecule has 1 aromatic carbocycles. The molecular formula is C10H14B2O2. The molecule has 0 N–H and O–H groups in total. The Balaban J connectivity index is 3.07. The Morgan fingerprint density at radius 3 is 2.29 bits per heavy atom. The quantitative estimate of drug-likeness (QED) is 0.633. The Labute approximate surface area is 86.7 Å². The van der Waals surface area contributed by atoms with Gasteiger partial charge < -0.3 is 9.47 Å². The third kappa shape index (κ3) is 2.59. The van der Waals surface area contributed by atoms with E-state index in [1.165, 1.54) is 5.37 Å². The first-order valence-electron chi connectivity index (χ1n) is 4.54. The van der Waals surface area contributed by atoms with E-state index in [4.69, 9.17) is 9.47 Å². The monoisotopic (exact) mass is 188 g/mol. The third-order valence-electron chi connectivity index (χ3n) is 1.86. The van der Waals surface area contributed by atoms with Gasteiger partial charge >= 0.3 is 0 Å². The summed E-state index contributed by atoms with van der Waals surface area (Å²) in [4.78, 5) is 0. The van der Waals surface area contributed by atoms with Crippen LogP contribution in [-0.2, 0) is 0 Å². The number of benzene rings is 1. The number of hydrogen-bond acceptors (Lipinski definition) is 2. The van der Waals surface area contributed by atoms with Gasteiger partial charge in [-0.3, -0.25) is 0 Å². The molecular weight excluding hydrogens is 174 g/mol. The third-order valence-corrected chi connectivity index (χ3v) is 1.86. The summed E-state index contributed by atoms with van der Waals surface area (Å²) in [6.45, 7) is 0. The number of ether oxygens (including phenoxy) is 2. The lowest BCUT2D eigenvalue weighted by Gasteiger charge is -2.07. The van der Waals surface area contributed by atoms with Gasteiger partial charge in [0.1, 0.15) is 15.7 Å². The predicted octanol–water partition coefficient (Wildman–Crippen LogP) is 0.268. The summed E-state index contributed by atoms with van der Waals surface area (Å²) < 4.78 is 10.4. The zero-order valence-electron chi connectivity index (χ0n) is 9.13. The van der Waals surface area contributed by atoms with Crippen LogP contribution in [0.3, 0.4) is 0 Å². The van der Waals surface area contributed by atoms with E-state index in [2.05, 4.69) is 21.8 Å². The summed E-state index contributed by atoms with van der Waals surface area (Å²) in [6.07, 6.45) is 2.10. The largest absolute Gasteiger partial charge is 0.493 e. The second kappa shape index (κ2) is 4.80. The molecule has 0 heterocycles. The highest BCUT2D eigenvalue weighted by Gasteiger charge is 2.02. The topological polar surface area (TPSA) is 18.5 Å². The average molecular weight is 188 g/mol. The molecule has 1 aromatic rings. The van der Waals surface area contributed by atoms with Crippen molar-refractivity contribution >= 4 is 21.8 Å². The summed E-state index contributed by atoms with van der Waals surface area (Å²) in [7, 11) is 7.41. The van der Waals surface area contributed by atoms with E-state index < -0.39 is 0 Å². The standard InChI is InChI=1S/C10H14B2O2/c1-13-8-4-3-7(6-10(11)12)5-9(8)14-2/h3-6H,11-12H2,1-2H3. The SMILES string of the molecule is BC(B)=Cc1ccc(OC)c(OC)c1. The van der Waals surface area contributed by atoms with E-state index in [1.807, 2.05) is 18.2 Å². The first kappa shape index (κ1) is 10.8. The van der Waals surface area contributed by atoms with Crippen molar-refractivity contribution in [2.24, 2.45) is 0 Å². The summed E-state index contributed by atoms with van der Waals surface area (Å²) in [5.41, 5.74) is 1.13. The van der Waals surface area contributed by atoms with Crippen molar-refractivity contribution in [3.05, 3.63) is 29.1 Å². The van der Waals surface area contributed by atoms with Crippen molar-refractivity contribution in [3.63, 3.8) is 0 Å². The molecule has 0 spiro atoms. The van der Waals surface area contributed by atoms with Crippen LogP contribution in [0.15, 0.2) is 23.6 Å². The molecule has 14 heavy (non-hydrogen) atoms. The van der Waals surface area contributed by atoms with Crippen LogP contribution in [0.25, 0.3) is 6.08 Å². The van der Waals surface area contributed by atoms with Crippen molar-refractivity contribution < 1.29 is 9.47 Å². The maximum atomic E-state index is 5.20. The smallest absolute Gasteiger partial charge is 0.161 e. The highest BCUT2D eigenvalue weighted by atomic mass is 16.5. The first-order valence-corrected chi connectivity index (χ1v) is 4.54. The summed E-state index contributed by atoms with van der Waals surface area (Å²) in [5.74, 6) is 1.53. The van der Waals surface area contributed by atoms with Gasteiger partial charge in [0, 0.05) is 0 Å². The molecule has 4 heteroatoms. The zero-order valence-corrected chi connectivity index (χ0v) is 9.13. The number of hydrogen-bond donors (Lipinski definition) is 0. The highest BCUT2D eigenvalue weighted by molar-refractivity contribution is 6.50. The molecule has 0 fully saturated rings. The normalized spacial score (nSPS) is 9.29. The van der Waals surface area contributed by atoms with Crippen LogP contribution in [0, 0.1) is 0 Å². The second-order valence-corrected chi connectivity index (χ2v) is 3.34. The maximum absolute atomic E-state index is 5.20. The molecule has 0 amide bonds. The van der Waals surface area contributed by atoms with E-state index >= 15 is 0 Å². The van der Waals surface area contributed by atoms with Gasteiger partial charge in [-0.2, -0.15) is 0 Å². The molecule has 1 rings (SSSR count). The Morgan fingerprint density at radius 1 is 1.14 bits per heavy atom. The highest BCUT2D eigenvalue weighted by Crippen LogP contribution is 2.27. The first-order chi connectivity index (χ1) is 6.67. The van der Waals surface area contributed by atoms with Gasteiger partial charge in [0.2, 0.25) is 0 Å². The maximum Gasteiger partial charge on any atom is 0.161 e. The van der Waals surface area contributed by atoms with Crippen LogP contribution in [0.1, 0.15) is 5.56 Å². The molecule has 0 aliphatic carbocycles. The molecule has 0 saturated heterocycles. The van der Waals surface area contributed by atoms with Crippen molar-refractivity contribution in [3.8, 4) is 11.5 Å². The molecule has 0 aromatic heterocycles. The van der Waals surface area contributed by atoms with Gasteiger partial charge in [-0.1, -0.05) is 12.1 Å². The van der Waals surface area contributed by atoms with E-state index in [9.17, 15) is 0 Å². The fourth-order valence-corrected chi connectivity index (χ4v) is 1.28. The van der Waals surface area contributed by atoms with E-state index in [0.717, 1.165) is 17.1 Å². The second-order valence-electron chi connectivity index (χ2n) is 3.34. The summed E-state index contributed by atoms with van der Waals surface area (Å²) >= 11 is 0. The van der Waals surface area contributed by atoms with Crippen LogP contribution in [0.4, 0.5) is 0 Å². The fourth-order valence-electron chi connectivity index (χ4n) is 1.28. The van der Waals surface area contributed by atoms with Crippen molar-refractivity contribution in [2.45, 2.75) is 0 Å². The molecule has 0 atom stereocenters. The molecule has 0 aliphatic heterocycles. The predicted molar refractivity (Wildman–Crippen MR) is 64.6 cm³/mol. The molecule has 72 valence electrons. The minimum atomic E-state index is 0.762. The number of methoxy groups -OCH3 is 2. The lowest BCUT2D eigenvalue weighted by atomic mass is 9.77. The Morgan fingerprint density at radius 2 is 1.79 bits per heavy atom. The van der Waals surface area contributed by atoms with Crippen LogP contribution >= 0.6 is 0 Å². The van der Waals surface area contributed by atoms with Crippen LogP contribution in [0.5, 0.6) is 11.5 Å². The molecule has 0 aliphatic rings. The van der Waals surface area contributed by atoms with Crippen LogP contribution < -0.4 is 9.47 Å². The van der Waals surface area contributed by atoms with Gasteiger partial charge in [-0.05, 0) is 17.7 Å². The molecule has 0 saturated carbocycles. The average Bonchev–Trinajstić information content (AvgIpc) is 2.16. The minimum Gasteiger partial charge on any atom is -0.493 e. The van der Waals surface area contributed by atoms with Crippen molar-refractivity contribution in [1.29, 1.82) is 0 Å². The van der Waals surface area contributed by atoms with E-state index in [1.54, 1.807) is 14.2 Å². The van der Waals surface area contributed by atoms with Crippen molar-refractivity contribution in [1.82, 2.24) is 0 Å². The lowest BCUT2D eigenvalue weighted by molar-refractivity contribution is 0.355. The molecule has 0 unspecified atom stereocenters.